The van der Waals surface area contributed by atoms with Gasteiger partial charge < -0.3 is 15.0 Å². The molecule has 0 amide bonds. The van der Waals surface area contributed by atoms with Gasteiger partial charge in [0.05, 0.1) is 13.2 Å². The zero-order chi connectivity index (χ0) is 17.6. The molecule has 0 bridgehead atoms. The maximum atomic E-state index is 5.41. The average molecular weight is 376 g/mol. The molecular weight excluding hydrogens is 350 g/mol. The van der Waals surface area contributed by atoms with Gasteiger partial charge >= 0.3 is 0 Å². The van der Waals surface area contributed by atoms with E-state index in [0.717, 1.165) is 82.3 Å². The largest absolute Gasteiger partial charge is 0.379 e. The van der Waals surface area contributed by atoms with E-state index in [4.69, 9.17) is 4.74 Å². The summed E-state index contributed by atoms with van der Waals surface area (Å²) in [4.78, 5) is 20.4. The van der Waals surface area contributed by atoms with Gasteiger partial charge in [-0.1, -0.05) is 0 Å². The molecule has 2 fully saturated rings. The third-order valence-corrected chi connectivity index (χ3v) is 5.54. The summed E-state index contributed by atoms with van der Waals surface area (Å²) < 4.78 is 5.41. The van der Waals surface area contributed by atoms with Gasteiger partial charge in [0.25, 0.3) is 0 Å². The van der Waals surface area contributed by atoms with Crippen molar-refractivity contribution in [1.82, 2.24) is 24.8 Å². The van der Waals surface area contributed by atoms with Gasteiger partial charge in [0, 0.05) is 70.0 Å². The smallest absolute Gasteiger partial charge is 0.188 e. The zero-order valence-electron chi connectivity index (χ0n) is 14.9. The van der Waals surface area contributed by atoms with Gasteiger partial charge in [0.15, 0.2) is 5.13 Å². The lowest BCUT2D eigenvalue weighted by Crippen LogP contribution is -2.49. The molecule has 0 radical (unpaired) electrons. The summed E-state index contributed by atoms with van der Waals surface area (Å²) in [6.45, 7) is 10.3. The quantitative estimate of drug-likeness (QED) is 0.806. The van der Waals surface area contributed by atoms with E-state index in [0.29, 0.717) is 0 Å². The highest BCUT2D eigenvalue weighted by atomic mass is 32.1. The highest BCUT2D eigenvalue weighted by Crippen LogP contribution is 2.20. The van der Waals surface area contributed by atoms with Gasteiger partial charge in [-0.2, -0.15) is 0 Å². The van der Waals surface area contributed by atoms with Crippen molar-refractivity contribution in [3.8, 4) is 0 Å². The molecule has 1 N–H and O–H groups in total. The SMILES string of the molecule is c1nc(Nc2nccs2)cc(N2CCN(CCN3CCOCC3)CC2)n1. The highest BCUT2D eigenvalue weighted by molar-refractivity contribution is 7.13. The van der Waals surface area contributed by atoms with E-state index in [1.807, 2.05) is 11.4 Å². The molecule has 4 rings (SSSR count). The number of thiazole rings is 1. The summed E-state index contributed by atoms with van der Waals surface area (Å²) in [5.74, 6) is 1.77. The van der Waals surface area contributed by atoms with Crippen molar-refractivity contribution in [3.05, 3.63) is 24.0 Å². The molecule has 0 aromatic carbocycles. The summed E-state index contributed by atoms with van der Waals surface area (Å²) >= 11 is 1.56. The zero-order valence-corrected chi connectivity index (χ0v) is 15.7. The molecule has 0 saturated carbocycles. The molecule has 2 aromatic rings. The number of rotatable bonds is 6. The van der Waals surface area contributed by atoms with E-state index in [1.54, 1.807) is 23.9 Å². The van der Waals surface area contributed by atoms with Crippen LogP contribution >= 0.6 is 11.3 Å². The Morgan fingerprint density at radius 3 is 2.46 bits per heavy atom. The number of anilines is 3. The number of nitrogens with zero attached hydrogens (tertiary/aromatic N) is 6. The molecule has 8 nitrogen and oxygen atoms in total. The molecule has 140 valence electrons. The van der Waals surface area contributed by atoms with Crippen LogP contribution < -0.4 is 10.2 Å². The predicted octanol–water partition coefficient (Wildman–Crippen LogP) is 1.13. The molecule has 2 aliphatic rings. The lowest BCUT2D eigenvalue weighted by Gasteiger charge is -2.36. The van der Waals surface area contributed by atoms with Crippen LogP contribution in [0, 0.1) is 0 Å². The Kier molecular flexibility index (Phi) is 5.90. The molecular formula is C17H25N7OS. The summed E-state index contributed by atoms with van der Waals surface area (Å²) in [6.07, 6.45) is 3.40. The number of ether oxygens (including phenoxy) is 1. The van der Waals surface area contributed by atoms with Gasteiger partial charge in [0.1, 0.15) is 18.0 Å². The third kappa shape index (κ3) is 4.67. The molecule has 0 unspecified atom stereocenters. The van der Waals surface area contributed by atoms with Crippen LogP contribution in [0.2, 0.25) is 0 Å². The molecule has 9 heteroatoms. The first-order valence-corrected chi connectivity index (χ1v) is 10.0. The summed E-state index contributed by atoms with van der Waals surface area (Å²) in [5.41, 5.74) is 0. The molecule has 2 aliphatic heterocycles. The number of hydrogen-bond acceptors (Lipinski definition) is 9. The van der Waals surface area contributed by atoms with Crippen LogP contribution in [0.25, 0.3) is 0 Å². The standard InChI is InChI=1S/C17H25N7OS/c1-12-26-17(18-1)21-15-13-16(20-14-19-15)24-6-4-22(5-7-24)2-3-23-8-10-25-11-9-23/h1,12-14H,2-11H2,(H,18,19,20,21). The van der Waals surface area contributed by atoms with E-state index in [-0.39, 0.29) is 0 Å². The average Bonchev–Trinajstić information content (AvgIpc) is 3.21. The van der Waals surface area contributed by atoms with Gasteiger partial charge in [-0.25, -0.2) is 15.0 Å². The first-order chi connectivity index (χ1) is 12.9. The number of aromatic nitrogens is 3. The Bertz CT molecular complexity index is 670. The predicted molar refractivity (Wildman–Crippen MR) is 103 cm³/mol. The topological polar surface area (TPSA) is 69.7 Å². The molecule has 26 heavy (non-hydrogen) atoms. The lowest BCUT2D eigenvalue weighted by molar-refractivity contribution is 0.0331. The van der Waals surface area contributed by atoms with Crippen LogP contribution in [-0.2, 0) is 4.74 Å². The van der Waals surface area contributed by atoms with Gasteiger partial charge in [-0.05, 0) is 0 Å². The Balaban J connectivity index is 1.26. The maximum Gasteiger partial charge on any atom is 0.188 e. The second-order valence-corrected chi connectivity index (χ2v) is 7.40. The highest BCUT2D eigenvalue weighted by Gasteiger charge is 2.19. The Morgan fingerprint density at radius 1 is 0.962 bits per heavy atom. The first-order valence-electron chi connectivity index (χ1n) is 9.13. The minimum atomic E-state index is 0.791. The minimum Gasteiger partial charge on any atom is -0.379 e. The van der Waals surface area contributed by atoms with Crippen molar-refractivity contribution in [2.24, 2.45) is 0 Å². The molecule has 2 aromatic heterocycles. The van der Waals surface area contributed by atoms with Gasteiger partial charge in [0.2, 0.25) is 0 Å². The van der Waals surface area contributed by atoms with E-state index in [2.05, 4.69) is 35.0 Å². The van der Waals surface area contributed by atoms with E-state index in [9.17, 15) is 0 Å². The van der Waals surface area contributed by atoms with E-state index < -0.39 is 0 Å². The molecule has 2 saturated heterocycles. The lowest BCUT2D eigenvalue weighted by atomic mass is 10.3. The Hall–Kier alpha value is -1.81. The fourth-order valence-corrected chi connectivity index (χ4v) is 3.83. The molecule has 0 aliphatic carbocycles. The van der Waals surface area contributed by atoms with Crippen LogP contribution in [-0.4, -0.2) is 90.3 Å². The number of nitrogens with one attached hydrogen (secondary N) is 1. The number of morpholine rings is 1. The van der Waals surface area contributed by atoms with Crippen LogP contribution in [0.15, 0.2) is 24.0 Å². The normalized spacial score (nSPS) is 19.6. The fourth-order valence-electron chi connectivity index (χ4n) is 3.29. The summed E-state index contributed by atoms with van der Waals surface area (Å²) in [5, 5.41) is 6.03. The van der Waals surface area contributed by atoms with Crippen molar-refractivity contribution in [2.45, 2.75) is 0 Å². The molecule has 0 atom stereocenters. The van der Waals surface area contributed by atoms with E-state index in [1.165, 1.54) is 0 Å². The minimum absolute atomic E-state index is 0.791. The third-order valence-electron chi connectivity index (χ3n) is 4.85. The van der Waals surface area contributed by atoms with Crippen molar-refractivity contribution in [1.29, 1.82) is 0 Å². The van der Waals surface area contributed by atoms with Crippen molar-refractivity contribution in [2.75, 3.05) is 75.8 Å². The van der Waals surface area contributed by atoms with Gasteiger partial charge in [-0.15, -0.1) is 11.3 Å². The molecule has 4 heterocycles. The van der Waals surface area contributed by atoms with Crippen LogP contribution in [0.5, 0.6) is 0 Å². The fraction of sp³-hybridized carbons (Fsp3) is 0.588. The number of piperazine rings is 1. The van der Waals surface area contributed by atoms with Crippen molar-refractivity contribution < 1.29 is 4.74 Å². The van der Waals surface area contributed by atoms with Crippen molar-refractivity contribution >= 4 is 28.1 Å². The van der Waals surface area contributed by atoms with Crippen molar-refractivity contribution in [3.63, 3.8) is 0 Å². The second-order valence-electron chi connectivity index (χ2n) is 6.51. The molecule has 0 spiro atoms. The van der Waals surface area contributed by atoms with E-state index >= 15 is 0 Å². The summed E-state index contributed by atoms with van der Waals surface area (Å²) in [7, 11) is 0. The Morgan fingerprint density at radius 2 is 1.73 bits per heavy atom. The first kappa shape index (κ1) is 17.6. The van der Waals surface area contributed by atoms with Crippen LogP contribution in [0.3, 0.4) is 0 Å². The van der Waals surface area contributed by atoms with Gasteiger partial charge in [-0.3, -0.25) is 9.80 Å². The second kappa shape index (κ2) is 8.72. The van der Waals surface area contributed by atoms with Crippen LogP contribution in [0.1, 0.15) is 0 Å². The monoisotopic (exact) mass is 375 g/mol. The van der Waals surface area contributed by atoms with Crippen LogP contribution in [0.4, 0.5) is 16.8 Å². The summed E-state index contributed by atoms with van der Waals surface area (Å²) in [6, 6.07) is 2.00. The number of hydrogen-bond donors (Lipinski definition) is 1. The Labute approximate surface area is 157 Å². The maximum absolute atomic E-state index is 5.41.